The summed E-state index contributed by atoms with van der Waals surface area (Å²) in [6.07, 6.45) is 0.811. The van der Waals surface area contributed by atoms with Crippen molar-refractivity contribution in [2.75, 3.05) is 0 Å². The lowest BCUT2D eigenvalue weighted by molar-refractivity contribution is 0.112. The minimum absolute atomic E-state index is 0.241. The molecule has 0 aliphatic carbocycles. The molecule has 88 valence electrons. The molecule has 1 N–H and O–H groups in total. The zero-order valence-corrected chi connectivity index (χ0v) is 10.2. The van der Waals surface area contributed by atoms with Crippen LogP contribution in [0.5, 0.6) is 0 Å². The number of carbonyl (C=O) groups is 1. The zero-order chi connectivity index (χ0) is 12.4. The molecule has 0 aliphatic rings. The summed E-state index contributed by atoms with van der Waals surface area (Å²) in [7, 11) is 1.66. The topological polar surface area (TPSA) is 67.8 Å². The molecule has 1 aromatic heterocycles. The number of aromatic nitrogens is 3. The second-order valence-corrected chi connectivity index (χ2v) is 4.62. The molecule has 0 amide bonds. The lowest BCUT2D eigenvalue weighted by Crippen LogP contribution is -2.12. The Kier molecular flexibility index (Phi) is 3.14. The maximum atomic E-state index is 11.2. The highest BCUT2D eigenvalue weighted by atomic mass is 32.2. The van der Waals surface area contributed by atoms with Gasteiger partial charge in [0.2, 0.25) is 0 Å². The predicted molar refractivity (Wildman–Crippen MR) is 64.5 cm³/mol. The quantitative estimate of drug-likeness (QED) is 0.834. The number of H-pyrrole nitrogens is 1. The van der Waals surface area contributed by atoms with Crippen molar-refractivity contribution in [3.05, 3.63) is 39.8 Å². The molecule has 0 aliphatic heterocycles. The van der Waals surface area contributed by atoms with E-state index in [1.165, 1.54) is 16.3 Å². The number of aromatic amines is 1. The van der Waals surface area contributed by atoms with Gasteiger partial charge in [-0.05, 0) is 36.4 Å². The van der Waals surface area contributed by atoms with Crippen LogP contribution in [0.25, 0.3) is 0 Å². The highest BCUT2D eigenvalue weighted by molar-refractivity contribution is 7.99. The fourth-order valence-electron chi connectivity index (χ4n) is 1.38. The van der Waals surface area contributed by atoms with Crippen LogP contribution in [0.1, 0.15) is 15.9 Å². The van der Waals surface area contributed by atoms with Crippen molar-refractivity contribution >= 4 is 18.0 Å². The largest absolute Gasteiger partial charge is 0.343 e. The third kappa shape index (κ3) is 2.31. The molecule has 2 aromatic rings. The van der Waals surface area contributed by atoms with E-state index in [0.29, 0.717) is 10.7 Å². The summed E-state index contributed by atoms with van der Waals surface area (Å²) in [5.74, 6) is 0. The van der Waals surface area contributed by atoms with Gasteiger partial charge in [0, 0.05) is 17.5 Å². The first kappa shape index (κ1) is 11.7. The van der Waals surface area contributed by atoms with Crippen LogP contribution in [0.2, 0.25) is 0 Å². The molecule has 0 fully saturated rings. The van der Waals surface area contributed by atoms with Crippen molar-refractivity contribution in [1.82, 2.24) is 14.8 Å². The lowest BCUT2D eigenvalue weighted by atomic mass is 10.2. The Labute approximate surface area is 102 Å². The molecule has 2 rings (SSSR count). The molecule has 0 unspecified atom stereocenters. The van der Waals surface area contributed by atoms with E-state index in [2.05, 4.69) is 10.2 Å². The number of aldehydes is 1. The molecular weight excluding hydrogens is 238 g/mol. The lowest BCUT2D eigenvalue weighted by Gasteiger charge is -2.04. The summed E-state index contributed by atoms with van der Waals surface area (Å²) in [4.78, 5) is 22.8. The highest BCUT2D eigenvalue weighted by Crippen LogP contribution is 2.27. The fourth-order valence-corrected chi connectivity index (χ4v) is 2.25. The average Bonchev–Trinajstić information content (AvgIpc) is 2.63. The molecule has 0 saturated carbocycles. The fraction of sp³-hybridized carbons (Fsp3) is 0.182. The first-order valence-electron chi connectivity index (χ1n) is 4.97. The van der Waals surface area contributed by atoms with Gasteiger partial charge in [0.05, 0.1) is 0 Å². The number of aryl methyl sites for hydroxylation is 1. The minimum atomic E-state index is -0.241. The van der Waals surface area contributed by atoms with E-state index < -0.39 is 0 Å². The van der Waals surface area contributed by atoms with Crippen LogP contribution >= 0.6 is 11.8 Å². The van der Waals surface area contributed by atoms with Crippen LogP contribution in [0, 0.1) is 6.92 Å². The van der Waals surface area contributed by atoms with Gasteiger partial charge >= 0.3 is 5.69 Å². The van der Waals surface area contributed by atoms with E-state index in [9.17, 15) is 9.59 Å². The number of rotatable bonds is 3. The maximum Gasteiger partial charge on any atom is 0.343 e. The van der Waals surface area contributed by atoms with Gasteiger partial charge in [0.15, 0.2) is 5.16 Å². The summed E-state index contributed by atoms with van der Waals surface area (Å²) >= 11 is 1.39. The first-order valence-corrected chi connectivity index (χ1v) is 5.78. The summed E-state index contributed by atoms with van der Waals surface area (Å²) in [5.41, 5.74) is 1.38. The number of hydrogen-bond acceptors (Lipinski definition) is 4. The van der Waals surface area contributed by atoms with E-state index in [4.69, 9.17) is 0 Å². The molecule has 0 atom stereocenters. The molecule has 1 heterocycles. The van der Waals surface area contributed by atoms with Crippen molar-refractivity contribution in [3.63, 3.8) is 0 Å². The molecule has 5 nitrogen and oxygen atoms in total. The minimum Gasteiger partial charge on any atom is -0.298 e. The van der Waals surface area contributed by atoms with E-state index in [1.807, 2.05) is 13.0 Å². The summed E-state index contributed by atoms with van der Waals surface area (Å²) < 4.78 is 1.44. The van der Waals surface area contributed by atoms with E-state index in [-0.39, 0.29) is 5.69 Å². The molecule has 1 aromatic carbocycles. The Hall–Kier alpha value is -1.82. The third-order valence-electron chi connectivity index (χ3n) is 2.38. The second kappa shape index (κ2) is 4.58. The Morgan fingerprint density at radius 2 is 2.24 bits per heavy atom. The first-order chi connectivity index (χ1) is 8.11. The van der Waals surface area contributed by atoms with Crippen LogP contribution in [-0.4, -0.2) is 21.1 Å². The normalized spacial score (nSPS) is 10.5. The van der Waals surface area contributed by atoms with Crippen molar-refractivity contribution in [3.8, 4) is 0 Å². The third-order valence-corrected chi connectivity index (χ3v) is 3.60. The van der Waals surface area contributed by atoms with Crippen molar-refractivity contribution in [2.24, 2.45) is 7.05 Å². The van der Waals surface area contributed by atoms with Crippen molar-refractivity contribution in [2.45, 2.75) is 17.0 Å². The van der Waals surface area contributed by atoms with Gasteiger partial charge < -0.3 is 0 Å². The molecule has 6 heteroatoms. The number of carbonyl (C=O) groups excluding carboxylic acids is 1. The van der Waals surface area contributed by atoms with Crippen molar-refractivity contribution < 1.29 is 4.79 Å². The second-order valence-electron chi connectivity index (χ2n) is 3.62. The molecule has 0 spiro atoms. The standard InChI is InChI=1S/C11H11N3O2S/c1-7-5-8(6-15)3-4-9(7)17-11-13-12-10(16)14(11)2/h3-6H,1-2H3,(H,12,16). The van der Waals surface area contributed by atoms with Gasteiger partial charge in [-0.1, -0.05) is 6.07 Å². The van der Waals surface area contributed by atoms with Crippen LogP contribution < -0.4 is 5.69 Å². The van der Waals surface area contributed by atoms with E-state index in [0.717, 1.165) is 16.7 Å². The zero-order valence-electron chi connectivity index (χ0n) is 9.43. The number of benzene rings is 1. The van der Waals surface area contributed by atoms with Crippen LogP contribution in [0.15, 0.2) is 33.0 Å². The van der Waals surface area contributed by atoms with Crippen LogP contribution in [0.4, 0.5) is 0 Å². The highest BCUT2D eigenvalue weighted by Gasteiger charge is 2.08. The van der Waals surface area contributed by atoms with E-state index >= 15 is 0 Å². The van der Waals surface area contributed by atoms with Crippen LogP contribution in [0.3, 0.4) is 0 Å². The van der Waals surface area contributed by atoms with Gasteiger partial charge in [-0.25, -0.2) is 9.89 Å². The van der Waals surface area contributed by atoms with Gasteiger partial charge in [-0.3, -0.25) is 9.36 Å². The van der Waals surface area contributed by atoms with Gasteiger partial charge in [0.1, 0.15) is 6.29 Å². The Bertz CT molecular complexity index is 615. The predicted octanol–water partition coefficient (Wildman–Crippen LogP) is 1.38. The maximum absolute atomic E-state index is 11.2. The number of nitrogens with one attached hydrogen (secondary N) is 1. The smallest absolute Gasteiger partial charge is 0.298 e. The summed E-state index contributed by atoms with van der Waals surface area (Å²) in [6, 6.07) is 5.40. The number of hydrogen-bond donors (Lipinski definition) is 1. The monoisotopic (exact) mass is 249 g/mol. The van der Waals surface area contributed by atoms with Gasteiger partial charge in [-0.2, -0.15) is 0 Å². The van der Waals surface area contributed by atoms with E-state index in [1.54, 1.807) is 19.2 Å². The van der Waals surface area contributed by atoms with Gasteiger partial charge in [0.25, 0.3) is 0 Å². The Balaban J connectivity index is 2.33. The average molecular weight is 249 g/mol. The molecule has 17 heavy (non-hydrogen) atoms. The van der Waals surface area contributed by atoms with Gasteiger partial charge in [-0.15, -0.1) is 5.10 Å². The Morgan fingerprint density at radius 1 is 1.47 bits per heavy atom. The molecule has 0 bridgehead atoms. The van der Waals surface area contributed by atoms with Crippen molar-refractivity contribution in [1.29, 1.82) is 0 Å². The summed E-state index contributed by atoms with van der Waals surface area (Å²) in [5, 5.41) is 6.89. The molecular formula is C11H11N3O2S. The number of nitrogens with zero attached hydrogens (tertiary/aromatic N) is 2. The van der Waals surface area contributed by atoms with Crippen LogP contribution in [-0.2, 0) is 7.05 Å². The molecule has 0 radical (unpaired) electrons. The molecule has 0 saturated heterocycles. The Morgan fingerprint density at radius 3 is 2.76 bits per heavy atom. The summed E-state index contributed by atoms with van der Waals surface area (Å²) in [6.45, 7) is 1.92. The SMILES string of the molecule is Cc1cc(C=O)ccc1Sc1n[nH]c(=O)n1C.